The van der Waals surface area contributed by atoms with E-state index in [0.717, 1.165) is 11.4 Å². The average molecular weight is 288 g/mol. The first-order chi connectivity index (χ1) is 10.0. The van der Waals surface area contributed by atoms with E-state index in [1.165, 1.54) is 6.20 Å². The van der Waals surface area contributed by atoms with Crippen LogP contribution in [0.1, 0.15) is 28.7 Å². The van der Waals surface area contributed by atoms with E-state index in [0.29, 0.717) is 17.9 Å². The second-order valence-electron chi connectivity index (χ2n) is 5.24. The minimum absolute atomic E-state index is 0.0379. The zero-order valence-electron chi connectivity index (χ0n) is 12.5. The molecule has 0 saturated carbocycles. The van der Waals surface area contributed by atoms with Gasteiger partial charge in [-0.1, -0.05) is 6.92 Å². The molecule has 112 valence electrons. The van der Waals surface area contributed by atoms with Crippen molar-refractivity contribution in [3.05, 3.63) is 41.3 Å². The Labute approximate surface area is 123 Å². The Bertz CT molecular complexity index is 619. The van der Waals surface area contributed by atoms with Gasteiger partial charge in [0.15, 0.2) is 5.82 Å². The molecular weight excluding hydrogens is 268 g/mol. The maximum Gasteiger partial charge on any atom is 0.252 e. The maximum absolute atomic E-state index is 11.9. The fraction of sp³-hybridized carbons (Fsp3) is 0.400. The van der Waals surface area contributed by atoms with Gasteiger partial charge >= 0.3 is 0 Å². The van der Waals surface area contributed by atoms with Crippen molar-refractivity contribution in [2.75, 3.05) is 13.2 Å². The van der Waals surface area contributed by atoms with E-state index in [4.69, 9.17) is 5.11 Å². The summed E-state index contributed by atoms with van der Waals surface area (Å²) >= 11 is 0. The third-order valence-electron chi connectivity index (χ3n) is 3.16. The maximum atomic E-state index is 11.9. The Balaban J connectivity index is 2.08. The standard InChI is InChI=1S/C15H20N4O2/c1-10(9-20)7-17-15(21)13-4-5-14(16-8-13)19-12(3)6-11(2)18-19/h4-6,8,10,20H,7,9H2,1-3H3,(H,17,21). The summed E-state index contributed by atoms with van der Waals surface area (Å²) in [5, 5.41) is 16.0. The fourth-order valence-electron chi connectivity index (χ4n) is 1.94. The summed E-state index contributed by atoms with van der Waals surface area (Å²) in [4.78, 5) is 16.2. The Morgan fingerprint density at radius 3 is 2.71 bits per heavy atom. The number of aromatic nitrogens is 3. The molecule has 0 aliphatic carbocycles. The topological polar surface area (TPSA) is 80.0 Å². The normalized spacial score (nSPS) is 12.2. The van der Waals surface area contributed by atoms with Crippen LogP contribution in [0, 0.1) is 19.8 Å². The molecule has 21 heavy (non-hydrogen) atoms. The summed E-state index contributed by atoms with van der Waals surface area (Å²) in [5.41, 5.74) is 2.41. The monoisotopic (exact) mass is 288 g/mol. The lowest BCUT2D eigenvalue weighted by atomic mass is 10.2. The SMILES string of the molecule is Cc1cc(C)n(-c2ccc(C(=O)NCC(C)CO)cn2)n1. The van der Waals surface area contributed by atoms with Crippen molar-refractivity contribution >= 4 is 5.91 Å². The van der Waals surface area contributed by atoms with Crippen molar-refractivity contribution in [1.82, 2.24) is 20.1 Å². The highest BCUT2D eigenvalue weighted by Crippen LogP contribution is 2.10. The summed E-state index contributed by atoms with van der Waals surface area (Å²) in [6.07, 6.45) is 1.53. The Hall–Kier alpha value is -2.21. The van der Waals surface area contributed by atoms with Gasteiger partial charge in [-0.05, 0) is 38.0 Å². The number of aliphatic hydroxyl groups is 1. The lowest BCUT2D eigenvalue weighted by molar-refractivity contribution is 0.0942. The molecule has 0 bridgehead atoms. The van der Waals surface area contributed by atoms with Crippen molar-refractivity contribution in [1.29, 1.82) is 0 Å². The average Bonchev–Trinajstić information content (AvgIpc) is 2.83. The quantitative estimate of drug-likeness (QED) is 0.867. The third kappa shape index (κ3) is 3.66. The molecule has 0 aromatic carbocycles. The molecule has 2 aromatic heterocycles. The van der Waals surface area contributed by atoms with E-state index >= 15 is 0 Å². The van der Waals surface area contributed by atoms with Gasteiger partial charge in [0.1, 0.15) is 0 Å². The van der Waals surface area contributed by atoms with E-state index in [1.54, 1.807) is 16.8 Å². The summed E-state index contributed by atoms with van der Waals surface area (Å²) < 4.78 is 1.74. The van der Waals surface area contributed by atoms with Crippen molar-refractivity contribution in [3.8, 4) is 5.82 Å². The number of hydrogen-bond donors (Lipinski definition) is 2. The zero-order chi connectivity index (χ0) is 15.4. The number of pyridine rings is 1. The Kier molecular flexibility index (Phi) is 4.70. The molecule has 2 heterocycles. The van der Waals surface area contributed by atoms with Gasteiger partial charge in [-0.15, -0.1) is 0 Å². The summed E-state index contributed by atoms with van der Waals surface area (Å²) in [5.74, 6) is 0.527. The van der Waals surface area contributed by atoms with E-state index in [-0.39, 0.29) is 18.4 Å². The van der Waals surface area contributed by atoms with E-state index in [9.17, 15) is 4.79 Å². The van der Waals surface area contributed by atoms with Crippen LogP contribution in [0.5, 0.6) is 0 Å². The number of carbonyl (C=O) groups is 1. The van der Waals surface area contributed by atoms with Crippen LogP contribution in [-0.4, -0.2) is 38.9 Å². The fourth-order valence-corrected chi connectivity index (χ4v) is 1.94. The van der Waals surface area contributed by atoms with E-state index in [1.807, 2.05) is 26.8 Å². The number of nitrogens with one attached hydrogen (secondary N) is 1. The largest absolute Gasteiger partial charge is 0.396 e. The molecule has 2 aromatic rings. The zero-order valence-corrected chi connectivity index (χ0v) is 12.5. The number of rotatable bonds is 5. The van der Waals surface area contributed by atoms with Gasteiger partial charge in [0.2, 0.25) is 0 Å². The highest BCUT2D eigenvalue weighted by atomic mass is 16.3. The molecule has 1 amide bonds. The van der Waals surface area contributed by atoms with Gasteiger partial charge in [-0.3, -0.25) is 4.79 Å². The van der Waals surface area contributed by atoms with Crippen molar-refractivity contribution in [2.24, 2.45) is 5.92 Å². The lowest BCUT2D eigenvalue weighted by Crippen LogP contribution is -2.29. The van der Waals surface area contributed by atoms with Gasteiger partial charge in [-0.25, -0.2) is 9.67 Å². The first-order valence-electron chi connectivity index (χ1n) is 6.90. The van der Waals surface area contributed by atoms with Crippen LogP contribution in [-0.2, 0) is 0 Å². The highest BCUT2D eigenvalue weighted by Gasteiger charge is 2.09. The number of aliphatic hydroxyl groups excluding tert-OH is 1. The first kappa shape index (κ1) is 15.2. The predicted octanol–water partition coefficient (Wildman–Crippen LogP) is 1.24. The molecule has 0 saturated heterocycles. The summed E-state index contributed by atoms with van der Waals surface area (Å²) in [6.45, 7) is 6.24. The number of nitrogens with zero attached hydrogens (tertiary/aromatic N) is 3. The molecule has 0 fully saturated rings. The van der Waals surface area contributed by atoms with Gasteiger partial charge < -0.3 is 10.4 Å². The molecule has 1 atom stereocenters. The summed E-state index contributed by atoms with van der Waals surface area (Å²) in [7, 11) is 0. The van der Waals surface area contributed by atoms with Crippen LogP contribution in [0.25, 0.3) is 5.82 Å². The molecule has 1 unspecified atom stereocenters. The third-order valence-corrected chi connectivity index (χ3v) is 3.16. The number of aryl methyl sites for hydroxylation is 2. The van der Waals surface area contributed by atoms with E-state index < -0.39 is 0 Å². The van der Waals surface area contributed by atoms with Crippen LogP contribution in [0.3, 0.4) is 0 Å². The van der Waals surface area contributed by atoms with Crippen LogP contribution in [0.4, 0.5) is 0 Å². The molecule has 6 heteroatoms. The van der Waals surface area contributed by atoms with Crippen LogP contribution in [0.2, 0.25) is 0 Å². The smallest absolute Gasteiger partial charge is 0.252 e. The molecule has 2 rings (SSSR count). The van der Waals surface area contributed by atoms with Crippen LogP contribution >= 0.6 is 0 Å². The molecule has 6 nitrogen and oxygen atoms in total. The molecular formula is C15H20N4O2. The first-order valence-corrected chi connectivity index (χ1v) is 6.90. The highest BCUT2D eigenvalue weighted by molar-refractivity contribution is 5.93. The minimum atomic E-state index is -0.192. The Morgan fingerprint density at radius 2 is 2.19 bits per heavy atom. The van der Waals surface area contributed by atoms with Crippen molar-refractivity contribution < 1.29 is 9.90 Å². The second-order valence-corrected chi connectivity index (χ2v) is 5.24. The number of hydrogen-bond acceptors (Lipinski definition) is 4. The molecule has 0 radical (unpaired) electrons. The molecule has 2 N–H and O–H groups in total. The van der Waals surface area contributed by atoms with Gasteiger partial charge in [0, 0.05) is 25.0 Å². The molecule has 0 spiro atoms. The minimum Gasteiger partial charge on any atom is -0.396 e. The summed E-state index contributed by atoms with van der Waals surface area (Å²) in [6, 6.07) is 5.46. The second kappa shape index (κ2) is 6.49. The van der Waals surface area contributed by atoms with Gasteiger partial charge in [-0.2, -0.15) is 5.10 Å². The van der Waals surface area contributed by atoms with Crippen molar-refractivity contribution in [3.63, 3.8) is 0 Å². The van der Waals surface area contributed by atoms with Crippen LogP contribution in [0.15, 0.2) is 24.4 Å². The van der Waals surface area contributed by atoms with Gasteiger partial charge in [0.05, 0.1) is 11.3 Å². The molecule has 0 aliphatic heterocycles. The number of carbonyl (C=O) groups excluding carboxylic acids is 1. The number of amides is 1. The van der Waals surface area contributed by atoms with Crippen molar-refractivity contribution in [2.45, 2.75) is 20.8 Å². The van der Waals surface area contributed by atoms with Crippen LogP contribution < -0.4 is 5.32 Å². The molecule has 0 aliphatic rings. The Morgan fingerprint density at radius 1 is 1.43 bits per heavy atom. The predicted molar refractivity (Wildman–Crippen MR) is 79.4 cm³/mol. The van der Waals surface area contributed by atoms with E-state index in [2.05, 4.69) is 15.4 Å². The lowest BCUT2D eigenvalue weighted by Gasteiger charge is -2.10. The van der Waals surface area contributed by atoms with Gasteiger partial charge in [0.25, 0.3) is 5.91 Å².